The summed E-state index contributed by atoms with van der Waals surface area (Å²) in [5, 5.41) is 11.0. The molecule has 1 heterocycles. The number of carbonyl (C=O) groups is 1. The maximum atomic E-state index is 12.9. The number of nitro groups is 1. The van der Waals surface area contributed by atoms with E-state index in [0.717, 1.165) is 16.4 Å². The second kappa shape index (κ2) is 7.72. The Balaban J connectivity index is 2.37. The molecule has 25 heavy (non-hydrogen) atoms. The number of sulfonamides is 1. The molecule has 1 aromatic carbocycles. The Kier molecular flexibility index (Phi) is 5.87. The number of nitrogens with zero attached hydrogens (tertiary/aromatic N) is 2. The summed E-state index contributed by atoms with van der Waals surface area (Å²) in [5.41, 5.74) is 9.21. The van der Waals surface area contributed by atoms with Crippen LogP contribution in [0.25, 0.3) is 0 Å². The third-order valence-corrected chi connectivity index (χ3v) is 5.77. The second-order valence-corrected chi connectivity index (χ2v) is 7.63. The van der Waals surface area contributed by atoms with Crippen LogP contribution in [0.3, 0.4) is 0 Å². The zero-order chi connectivity index (χ0) is 18.6. The van der Waals surface area contributed by atoms with E-state index in [0.29, 0.717) is 12.8 Å². The Morgan fingerprint density at radius 3 is 2.64 bits per heavy atom. The molecule has 0 bridgehead atoms. The van der Waals surface area contributed by atoms with E-state index in [1.165, 1.54) is 12.1 Å². The molecule has 10 nitrogen and oxygen atoms in total. The summed E-state index contributed by atoms with van der Waals surface area (Å²) in [6.07, 6.45) is 1.48. The molecule has 0 saturated carbocycles. The molecule has 0 aromatic heterocycles. The van der Waals surface area contributed by atoms with Crippen LogP contribution in [0.4, 0.5) is 5.69 Å². The smallest absolute Gasteiger partial charge is 0.289 e. The van der Waals surface area contributed by atoms with Gasteiger partial charge in [0.15, 0.2) is 10.0 Å². The van der Waals surface area contributed by atoms with Crippen LogP contribution in [0.1, 0.15) is 19.3 Å². The van der Waals surface area contributed by atoms with E-state index in [9.17, 15) is 23.3 Å². The molecular formula is C13H17N5O5S2. The van der Waals surface area contributed by atoms with Crippen molar-refractivity contribution in [3.63, 3.8) is 0 Å². The Labute approximate surface area is 149 Å². The van der Waals surface area contributed by atoms with Crippen molar-refractivity contribution in [2.45, 2.75) is 30.2 Å². The molecule has 0 spiro atoms. The predicted molar refractivity (Wildman–Crippen MR) is 92.7 cm³/mol. The van der Waals surface area contributed by atoms with Crippen LogP contribution in [0.2, 0.25) is 0 Å². The number of nitrogens with two attached hydrogens (primary N) is 1. The maximum absolute atomic E-state index is 12.9. The van der Waals surface area contributed by atoms with Crippen molar-refractivity contribution in [3.05, 3.63) is 34.4 Å². The zero-order valence-electron chi connectivity index (χ0n) is 13.0. The van der Waals surface area contributed by atoms with E-state index in [1.807, 2.05) is 0 Å². The number of thiocarbonyl (C=S) groups is 1. The van der Waals surface area contributed by atoms with E-state index >= 15 is 0 Å². The lowest BCUT2D eigenvalue weighted by atomic mass is 10.0. The number of hydrogen-bond donors (Lipinski definition) is 3. The average Bonchev–Trinajstić information content (AvgIpc) is 2.59. The van der Waals surface area contributed by atoms with E-state index in [1.54, 1.807) is 0 Å². The number of para-hydroxylation sites is 1. The molecule has 1 aliphatic heterocycles. The van der Waals surface area contributed by atoms with Crippen LogP contribution in [0, 0.1) is 10.1 Å². The molecule has 1 atom stereocenters. The van der Waals surface area contributed by atoms with E-state index < -0.39 is 37.5 Å². The van der Waals surface area contributed by atoms with Gasteiger partial charge < -0.3 is 5.73 Å². The van der Waals surface area contributed by atoms with Gasteiger partial charge in [0, 0.05) is 12.6 Å². The lowest BCUT2D eigenvalue weighted by Crippen LogP contribution is -2.56. The third kappa shape index (κ3) is 4.21. The first-order valence-electron chi connectivity index (χ1n) is 7.35. The summed E-state index contributed by atoms with van der Waals surface area (Å²) in [6.45, 7) is 0.0829. The number of hydrogen-bond acceptors (Lipinski definition) is 6. The van der Waals surface area contributed by atoms with Crippen LogP contribution in [-0.4, -0.2) is 41.3 Å². The lowest BCUT2D eigenvalue weighted by molar-refractivity contribution is -0.387. The second-order valence-electron chi connectivity index (χ2n) is 5.33. The van der Waals surface area contributed by atoms with Gasteiger partial charge in [-0.05, 0) is 31.1 Å². The van der Waals surface area contributed by atoms with Crippen molar-refractivity contribution in [2.75, 3.05) is 6.54 Å². The Bertz CT molecular complexity index is 798. The van der Waals surface area contributed by atoms with Gasteiger partial charge in [0.2, 0.25) is 0 Å². The molecule has 1 aromatic rings. The van der Waals surface area contributed by atoms with Gasteiger partial charge in [0.1, 0.15) is 6.04 Å². The molecule has 1 unspecified atom stereocenters. The van der Waals surface area contributed by atoms with Crippen LogP contribution < -0.4 is 16.6 Å². The highest BCUT2D eigenvalue weighted by Gasteiger charge is 2.40. The first kappa shape index (κ1) is 19.0. The number of rotatable bonds is 4. The van der Waals surface area contributed by atoms with Crippen molar-refractivity contribution in [3.8, 4) is 0 Å². The number of nitrogens with one attached hydrogen (secondary N) is 2. The largest absolute Gasteiger partial charge is 0.375 e. The van der Waals surface area contributed by atoms with Gasteiger partial charge in [0.05, 0.1) is 4.92 Å². The van der Waals surface area contributed by atoms with Crippen LogP contribution in [-0.2, 0) is 14.8 Å². The predicted octanol–water partition coefficient (Wildman–Crippen LogP) is 0.00240. The molecule has 0 radical (unpaired) electrons. The number of amides is 1. The number of benzene rings is 1. The monoisotopic (exact) mass is 387 g/mol. The highest BCUT2D eigenvalue weighted by Crippen LogP contribution is 2.30. The van der Waals surface area contributed by atoms with Gasteiger partial charge in [0.25, 0.3) is 21.6 Å². The van der Waals surface area contributed by atoms with E-state index in [2.05, 4.69) is 23.1 Å². The molecule has 1 aliphatic rings. The van der Waals surface area contributed by atoms with Crippen LogP contribution in [0.15, 0.2) is 29.2 Å². The first-order chi connectivity index (χ1) is 11.7. The lowest BCUT2D eigenvalue weighted by Gasteiger charge is -2.33. The van der Waals surface area contributed by atoms with Gasteiger partial charge in [-0.3, -0.25) is 25.8 Å². The number of hydrazine groups is 1. The fourth-order valence-electron chi connectivity index (χ4n) is 2.61. The average molecular weight is 387 g/mol. The van der Waals surface area contributed by atoms with Crippen molar-refractivity contribution in [1.82, 2.24) is 15.2 Å². The van der Waals surface area contributed by atoms with E-state index in [-0.39, 0.29) is 18.1 Å². The third-order valence-electron chi connectivity index (χ3n) is 3.71. The molecule has 12 heteroatoms. The van der Waals surface area contributed by atoms with Gasteiger partial charge >= 0.3 is 0 Å². The number of nitro benzene ring substituents is 1. The summed E-state index contributed by atoms with van der Waals surface area (Å²) in [5.74, 6) is -0.630. The normalized spacial score (nSPS) is 18.3. The molecule has 1 fully saturated rings. The van der Waals surface area contributed by atoms with Gasteiger partial charge in [-0.15, -0.1) is 0 Å². The highest BCUT2D eigenvalue weighted by atomic mass is 32.2. The Morgan fingerprint density at radius 2 is 2.00 bits per heavy atom. The van der Waals surface area contributed by atoms with Crippen molar-refractivity contribution in [1.29, 1.82) is 0 Å². The summed E-state index contributed by atoms with van der Waals surface area (Å²) >= 11 is 4.59. The Morgan fingerprint density at radius 1 is 1.32 bits per heavy atom. The quantitative estimate of drug-likeness (QED) is 0.371. The maximum Gasteiger partial charge on any atom is 0.289 e. The van der Waals surface area contributed by atoms with Gasteiger partial charge in [-0.25, -0.2) is 8.42 Å². The topological polar surface area (TPSA) is 148 Å². The van der Waals surface area contributed by atoms with Crippen LogP contribution in [0.5, 0.6) is 0 Å². The molecule has 2 rings (SSSR count). The standard InChI is InChI=1S/C13H17N5O5S2/c14-13(24)16-15-12(19)10-6-3-4-8-17(10)25(22,23)11-7-2-1-5-9(11)18(20)21/h1-2,5,7,10H,3-4,6,8H2,(H,15,19)(H3,14,16,24). The SMILES string of the molecule is NC(=S)NNC(=O)C1CCCCN1S(=O)(=O)c1ccccc1[N+](=O)[O-]. The molecule has 1 saturated heterocycles. The summed E-state index contributed by atoms with van der Waals surface area (Å²) in [7, 11) is -4.23. The van der Waals surface area contributed by atoms with E-state index in [4.69, 9.17) is 5.73 Å². The van der Waals surface area contributed by atoms with Gasteiger partial charge in [-0.2, -0.15) is 4.31 Å². The summed E-state index contributed by atoms with van der Waals surface area (Å²) < 4.78 is 26.9. The van der Waals surface area contributed by atoms with Gasteiger partial charge in [-0.1, -0.05) is 18.6 Å². The minimum absolute atomic E-state index is 0.0829. The number of piperidine rings is 1. The molecular weight excluding hydrogens is 370 g/mol. The first-order valence-corrected chi connectivity index (χ1v) is 9.20. The fourth-order valence-corrected chi connectivity index (χ4v) is 4.48. The minimum Gasteiger partial charge on any atom is -0.375 e. The molecule has 4 N–H and O–H groups in total. The fraction of sp³-hybridized carbons (Fsp3) is 0.385. The highest BCUT2D eigenvalue weighted by molar-refractivity contribution is 7.89. The summed E-state index contributed by atoms with van der Waals surface area (Å²) in [6, 6.07) is 4.03. The number of carbonyl (C=O) groups excluding carboxylic acids is 1. The van der Waals surface area contributed by atoms with Crippen molar-refractivity contribution < 1.29 is 18.1 Å². The summed E-state index contributed by atoms with van der Waals surface area (Å²) in [4.78, 5) is 22.2. The Hall–Kier alpha value is -2.31. The van der Waals surface area contributed by atoms with Crippen molar-refractivity contribution in [2.24, 2.45) is 5.73 Å². The molecule has 1 amide bonds. The molecule has 136 valence electrons. The molecule has 0 aliphatic carbocycles. The minimum atomic E-state index is -4.23. The van der Waals surface area contributed by atoms with Crippen LogP contribution >= 0.6 is 12.2 Å². The van der Waals surface area contributed by atoms with Crippen molar-refractivity contribution >= 4 is 38.9 Å². The zero-order valence-corrected chi connectivity index (χ0v) is 14.7.